The van der Waals surface area contributed by atoms with Crippen molar-refractivity contribution in [1.82, 2.24) is 0 Å². The molecule has 0 aliphatic heterocycles. The fourth-order valence-electron chi connectivity index (χ4n) is 2.32. The van der Waals surface area contributed by atoms with Crippen molar-refractivity contribution >= 4 is 0 Å². The first-order chi connectivity index (χ1) is 8.42. The van der Waals surface area contributed by atoms with Crippen LogP contribution in [-0.2, 0) is 5.41 Å². The van der Waals surface area contributed by atoms with Crippen molar-refractivity contribution in [3.8, 4) is 0 Å². The third-order valence-electron chi connectivity index (χ3n) is 4.32. The van der Waals surface area contributed by atoms with Crippen LogP contribution in [0.3, 0.4) is 0 Å². The van der Waals surface area contributed by atoms with Crippen molar-refractivity contribution in [2.75, 3.05) is 0 Å². The van der Waals surface area contributed by atoms with E-state index in [-0.39, 0.29) is 11.5 Å². The van der Waals surface area contributed by atoms with Crippen molar-refractivity contribution in [2.45, 2.75) is 65.3 Å². The van der Waals surface area contributed by atoms with Crippen LogP contribution in [0.2, 0.25) is 0 Å². The first-order valence-electron chi connectivity index (χ1n) is 7.28. The lowest BCUT2D eigenvalue weighted by atomic mass is 9.81. The molecule has 1 nitrogen and oxygen atoms in total. The van der Waals surface area contributed by atoms with E-state index >= 15 is 0 Å². The molecule has 2 N–H and O–H groups in total. The number of hydrogen-bond donors (Lipinski definition) is 1. The molecule has 0 amide bonds. The summed E-state index contributed by atoms with van der Waals surface area (Å²) in [6.07, 6.45) is 3.56. The Morgan fingerprint density at radius 2 is 1.67 bits per heavy atom. The quantitative estimate of drug-likeness (QED) is 0.767. The number of benzene rings is 1. The summed E-state index contributed by atoms with van der Waals surface area (Å²) in [6.45, 7) is 11.3. The van der Waals surface area contributed by atoms with Gasteiger partial charge in [0.2, 0.25) is 0 Å². The highest BCUT2D eigenvalue weighted by Gasteiger charge is 2.19. The summed E-state index contributed by atoms with van der Waals surface area (Å²) in [5.41, 5.74) is 9.25. The molecule has 0 aliphatic rings. The van der Waals surface area contributed by atoms with Crippen LogP contribution in [0, 0.1) is 5.92 Å². The molecule has 18 heavy (non-hydrogen) atoms. The second kappa shape index (κ2) is 6.38. The van der Waals surface area contributed by atoms with Gasteiger partial charge in [-0.2, -0.15) is 0 Å². The van der Waals surface area contributed by atoms with Gasteiger partial charge in [-0.05, 0) is 35.3 Å². The summed E-state index contributed by atoms with van der Waals surface area (Å²) in [6, 6.07) is 9.09. The fraction of sp³-hybridized carbons (Fsp3) is 0.647. The van der Waals surface area contributed by atoms with Crippen molar-refractivity contribution in [1.29, 1.82) is 0 Å². The van der Waals surface area contributed by atoms with E-state index < -0.39 is 0 Å². The zero-order valence-electron chi connectivity index (χ0n) is 12.7. The summed E-state index contributed by atoms with van der Waals surface area (Å²) in [4.78, 5) is 0. The van der Waals surface area contributed by atoms with E-state index in [2.05, 4.69) is 58.9 Å². The maximum absolute atomic E-state index is 6.32. The highest BCUT2D eigenvalue weighted by Crippen LogP contribution is 2.29. The summed E-state index contributed by atoms with van der Waals surface area (Å²) < 4.78 is 0. The molecule has 102 valence electrons. The largest absolute Gasteiger partial charge is 0.324 e. The topological polar surface area (TPSA) is 26.0 Å². The molecule has 0 bridgehead atoms. The van der Waals surface area contributed by atoms with E-state index in [1.807, 2.05) is 0 Å². The van der Waals surface area contributed by atoms with Gasteiger partial charge >= 0.3 is 0 Å². The summed E-state index contributed by atoms with van der Waals surface area (Å²) in [5.74, 6) is 0.556. The van der Waals surface area contributed by atoms with Gasteiger partial charge < -0.3 is 5.73 Å². The molecule has 0 fully saturated rings. The third kappa shape index (κ3) is 3.58. The molecule has 2 atom stereocenters. The molecular weight excluding hydrogens is 218 g/mol. The molecule has 0 radical (unpaired) electrons. The van der Waals surface area contributed by atoms with E-state index in [1.165, 1.54) is 24.0 Å². The molecule has 0 aromatic heterocycles. The normalized spacial score (nSPS) is 15.4. The van der Waals surface area contributed by atoms with Crippen LogP contribution in [0.4, 0.5) is 0 Å². The monoisotopic (exact) mass is 247 g/mol. The van der Waals surface area contributed by atoms with E-state index in [4.69, 9.17) is 5.73 Å². The first kappa shape index (κ1) is 15.2. The third-order valence-corrected chi connectivity index (χ3v) is 4.32. The van der Waals surface area contributed by atoms with Crippen molar-refractivity contribution in [3.63, 3.8) is 0 Å². The van der Waals surface area contributed by atoms with Gasteiger partial charge in [0.1, 0.15) is 0 Å². The maximum Gasteiger partial charge on any atom is 0.0320 e. The molecule has 1 heteroatoms. The van der Waals surface area contributed by atoms with Crippen LogP contribution in [0.5, 0.6) is 0 Å². The first-order valence-corrected chi connectivity index (χ1v) is 7.28. The lowest BCUT2D eigenvalue weighted by Crippen LogP contribution is -2.20. The van der Waals surface area contributed by atoms with Crippen LogP contribution < -0.4 is 5.73 Å². The predicted molar refractivity (Wildman–Crippen MR) is 80.8 cm³/mol. The molecule has 0 spiro atoms. The molecule has 2 unspecified atom stereocenters. The molecule has 0 heterocycles. The van der Waals surface area contributed by atoms with E-state index in [1.54, 1.807) is 0 Å². The average molecular weight is 247 g/mol. The Balaban J connectivity index is 2.83. The highest BCUT2D eigenvalue weighted by atomic mass is 14.6. The van der Waals surface area contributed by atoms with Crippen LogP contribution >= 0.6 is 0 Å². The Bertz CT molecular complexity index is 350. The van der Waals surface area contributed by atoms with Crippen LogP contribution in [0.25, 0.3) is 0 Å². The number of rotatable bonds is 6. The van der Waals surface area contributed by atoms with Gasteiger partial charge in [0, 0.05) is 6.04 Å². The Morgan fingerprint density at radius 1 is 1.11 bits per heavy atom. The van der Waals surface area contributed by atoms with Gasteiger partial charge in [-0.25, -0.2) is 0 Å². The van der Waals surface area contributed by atoms with E-state index in [0.717, 1.165) is 6.42 Å². The minimum absolute atomic E-state index is 0.170. The maximum atomic E-state index is 6.32. The molecule has 1 rings (SSSR count). The molecule has 0 saturated heterocycles. The lowest BCUT2D eigenvalue weighted by molar-refractivity contribution is 0.433. The zero-order chi connectivity index (χ0) is 13.8. The zero-order valence-corrected chi connectivity index (χ0v) is 12.7. The second-order valence-corrected chi connectivity index (χ2v) is 6.15. The van der Waals surface area contributed by atoms with Crippen molar-refractivity contribution < 1.29 is 0 Å². The Kier molecular flexibility index (Phi) is 5.40. The number of nitrogens with two attached hydrogens (primary N) is 1. The molecule has 1 aromatic carbocycles. The van der Waals surface area contributed by atoms with Gasteiger partial charge in [-0.3, -0.25) is 0 Å². The molecule has 0 aliphatic carbocycles. The van der Waals surface area contributed by atoms with Crippen molar-refractivity contribution in [3.05, 3.63) is 35.4 Å². The highest BCUT2D eigenvalue weighted by molar-refractivity contribution is 5.29. The standard InChI is InChI=1S/C17H29N/c1-6-8-13(3)16(18)14-9-11-15(12-10-14)17(4,5)7-2/h9-13,16H,6-8,18H2,1-5H3. The SMILES string of the molecule is CCCC(C)C(N)c1ccc(C(C)(C)CC)cc1. The van der Waals surface area contributed by atoms with Crippen LogP contribution in [-0.4, -0.2) is 0 Å². The van der Waals surface area contributed by atoms with Crippen LogP contribution in [0.15, 0.2) is 24.3 Å². The molecule has 0 saturated carbocycles. The minimum Gasteiger partial charge on any atom is -0.324 e. The summed E-state index contributed by atoms with van der Waals surface area (Å²) >= 11 is 0. The number of hydrogen-bond acceptors (Lipinski definition) is 1. The minimum atomic E-state index is 0.170. The van der Waals surface area contributed by atoms with Crippen molar-refractivity contribution in [2.24, 2.45) is 11.7 Å². The predicted octanol–water partition coefficient (Wildman–Crippen LogP) is 4.81. The Labute approximate surface area is 113 Å². The Morgan fingerprint density at radius 3 is 2.11 bits per heavy atom. The van der Waals surface area contributed by atoms with Gasteiger partial charge in [-0.15, -0.1) is 0 Å². The summed E-state index contributed by atoms with van der Waals surface area (Å²) in [5, 5.41) is 0. The molecular formula is C17H29N. The fourth-order valence-corrected chi connectivity index (χ4v) is 2.32. The van der Waals surface area contributed by atoms with E-state index in [0.29, 0.717) is 5.92 Å². The second-order valence-electron chi connectivity index (χ2n) is 6.15. The lowest BCUT2D eigenvalue weighted by Gasteiger charge is -2.25. The van der Waals surface area contributed by atoms with Gasteiger partial charge in [0.05, 0.1) is 0 Å². The Hall–Kier alpha value is -0.820. The van der Waals surface area contributed by atoms with Gasteiger partial charge in [-0.1, -0.05) is 65.3 Å². The molecule has 1 aromatic rings. The smallest absolute Gasteiger partial charge is 0.0320 e. The van der Waals surface area contributed by atoms with Gasteiger partial charge in [0.25, 0.3) is 0 Å². The summed E-state index contributed by atoms with van der Waals surface area (Å²) in [7, 11) is 0. The average Bonchev–Trinajstić information content (AvgIpc) is 2.38. The van der Waals surface area contributed by atoms with Gasteiger partial charge in [0.15, 0.2) is 0 Å². The van der Waals surface area contributed by atoms with Crippen LogP contribution in [0.1, 0.15) is 71.0 Å². The van der Waals surface area contributed by atoms with E-state index in [9.17, 15) is 0 Å².